The van der Waals surface area contributed by atoms with E-state index in [4.69, 9.17) is 0 Å². The van der Waals surface area contributed by atoms with E-state index in [1.807, 2.05) is 6.08 Å². The van der Waals surface area contributed by atoms with E-state index in [1.54, 1.807) is 0 Å². The van der Waals surface area contributed by atoms with Gasteiger partial charge >= 0.3 is 0 Å². The molecule has 11 heavy (non-hydrogen) atoms. The maximum Gasteiger partial charge on any atom is -0.0238 e. The molecule has 0 N–H and O–H groups in total. The van der Waals surface area contributed by atoms with Gasteiger partial charge in [0, 0.05) is 0 Å². The molecule has 0 unspecified atom stereocenters. The van der Waals surface area contributed by atoms with Crippen molar-refractivity contribution in [1.82, 2.24) is 0 Å². The van der Waals surface area contributed by atoms with Gasteiger partial charge in [0.2, 0.25) is 0 Å². The van der Waals surface area contributed by atoms with Crippen molar-refractivity contribution in [2.75, 3.05) is 0 Å². The Balaban J connectivity index is 2.68. The van der Waals surface area contributed by atoms with Crippen molar-refractivity contribution in [3.63, 3.8) is 0 Å². The van der Waals surface area contributed by atoms with Gasteiger partial charge in [-0.15, -0.1) is 0 Å². The summed E-state index contributed by atoms with van der Waals surface area (Å²) < 4.78 is 0. The molecule has 58 valence electrons. The van der Waals surface area contributed by atoms with E-state index in [0.29, 0.717) is 0 Å². The Morgan fingerprint density at radius 3 is 2.91 bits per heavy atom. The normalized spacial score (nSPS) is 21.2. The largest absolute Gasteiger partial charge is 0.0991 e. The highest BCUT2D eigenvalue weighted by atomic mass is 14.1. The van der Waals surface area contributed by atoms with Gasteiger partial charge in [0.15, 0.2) is 0 Å². The van der Waals surface area contributed by atoms with E-state index >= 15 is 0 Å². The van der Waals surface area contributed by atoms with Crippen LogP contribution in [0.3, 0.4) is 0 Å². The highest BCUT2D eigenvalue weighted by Gasteiger charge is 2.04. The Morgan fingerprint density at radius 2 is 2.27 bits per heavy atom. The predicted octanol–water partition coefficient (Wildman–Crippen LogP) is 3.40. The molecule has 0 heteroatoms. The van der Waals surface area contributed by atoms with Crippen molar-refractivity contribution in [1.29, 1.82) is 0 Å². The first-order valence-electron chi connectivity index (χ1n) is 4.01. The molecule has 0 fully saturated rings. The molecule has 0 aromatic rings. The van der Waals surface area contributed by atoms with E-state index in [0.717, 1.165) is 0 Å². The molecule has 0 aromatic heterocycles. The van der Waals surface area contributed by atoms with E-state index in [2.05, 4.69) is 37.8 Å². The molecule has 0 radical (unpaired) electrons. The third-order valence-corrected chi connectivity index (χ3v) is 1.79. The molecule has 0 atom stereocenters. The number of allylic oxidation sites excluding steroid dienone is 7. The fourth-order valence-corrected chi connectivity index (χ4v) is 1.30. The van der Waals surface area contributed by atoms with Gasteiger partial charge in [0.1, 0.15) is 0 Å². The monoisotopic (exact) mass is 146 g/mol. The van der Waals surface area contributed by atoms with Crippen LogP contribution in [0.2, 0.25) is 0 Å². The molecule has 0 amide bonds. The van der Waals surface area contributed by atoms with Gasteiger partial charge in [-0.3, -0.25) is 0 Å². The van der Waals surface area contributed by atoms with Gasteiger partial charge in [0.25, 0.3) is 0 Å². The van der Waals surface area contributed by atoms with E-state index < -0.39 is 0 Å². The molecular formula is C11H14. The van der Waals surface area contributed by atoms with Crippen LogP contribution in [0.4, 0.5) is 0 Å². The van der Waals surface area contributed by atoms with Crippen molar-refractivity contribution in [2.24, 2.45) is 0 Å². The smallest absolute Gasteiger partial charge is 0.0238 e. The van der Waals surface area contributed by atoms with E-state index in [-0.39, 0.29) is 0 Å². The summed E-state index contributed by atoms with van der Waals surface area (Å²) in [6.07, 6.45) is 12.8. The van der Waals surface area contributed by atoms with Crippen molar-refractivity contribution < 1.29 is 0 Å². The minimum absolute atomic E-state index is 1.17. The average Bonchev–Trinajstić information content (AvgIpc) is 2.38. The first-order chi connectivity index (χ1) is 5.36. The Hall–Kier alpha value is -1.04. The Morgan fingerprint density at radius 1 is 1.45 bits per heavy atom. The van der Waals surface area contributed by atoms with E-state index in [1.165, 1.54) is 24.0 Å². The molecule has 0 bridgehead atoms. The first kappa shape index (κ1) is 8.06. The van der Waals surface area contributed by atoms with Gasteiger partial charge in [-0.1, -0.05) is 37.0 Å². The van der Waals surface area contributed by atoms with Crippen LogP contribution in [-0.2, 0) is 0 Å². The third-order valence-electron chi connectivity index (χ3n) is 1.79. The Kier molecular flexibility index (Phi) is 2.91. The van der Waals surface area contributed by atoms with Crippen molar-refractivity contribution in [3.8, 4) is 0 Å². The van der Waals surface area contributed by atoms with Gasteiger partial charge in [-0.25, -0.2) is 0 Å². The molecule has 0 aromatic carbocycles. The lowest BCUT2D eigenvalue weighted by Crippen LogP contribution is -1.67. The maximum atomic E-state index is 3.67. The maximum absolute atomic E-state index is 3.67. The lowest BCUT2D eigenvalue weighted by atomic mass is 10.2. The lowest BCUT2D eigenvalue weighted by molar-refractivity contribution is 1.03. The molecule has 0 saturated carbocycles. The number of hydrogen-bond acceptors (Lipinski definition) is 0. The van der Waals surface area contributed by atoms with Gasteiger partial charge in [0.05, 0.1) is 0 Å². The average molecular weight is 146 g/mol. The zero-order valence-electron chi connectivity index (χ0n) is 7.01. The van der Waals surface area contributed by atoms with Gasteiger partial charge < -0.3 is 0 Å². The highest BCUT2D eigenvalue weighted by molar-refractivity contribution is 5.37. The summed E-state index contributed by atoms with van der Waals surface area (Å²) in [5, 5.41) is 0. The van der Waals surface area contributed by atoms with Crippen molar-refractivity contribution in [2.45, 2.75) is 19.8 Å². The Labute approximate surface area is 68.6 Å². The molecule has 0 saturated heterocycles. The zero-order chi connectivity index (χ0) is 8.10. The number of hydrogen-bond donors (Lipinski definition) is 0. The molecule has 1 rings (SSSR count). The predicted molar refractivity (Wildman–Crippen MR) is 50.4 cm³/mol. The molecule has 0 spiro atoms. The van der Waals surface area contributed by atoms with Crippen LogP contribution in [0.15, 0.2) is 48.1 Å². The van der Waals surface area contributed by atoms with Gasteiger partial charge in [-0.2, -0.15) is 0 Å². The summed E-state index contributed by atoms with van der Waals surface area (Å²) in [7, 11) is 0. The fraction of sp³-hybridized carbons (Fsp3) is 0.273. The second kappa shape index (κ2) is 3.97. The first-order valence-corrected chi connectivity index (χ1v) is 4.01. The second-order valence-electron chi connectivity index (χ2n) is 2.70. The van der Waals surface area contributed by atoms with Gasteiger partial charge in [-0.05, 0) is 30.9 Å². The summed E-state index contributed by atoms with van der Waals surface area (Å²) in [6.45, 7) is 5.72. The molecule has 0 heterocycles. The Bertz CT molecular complexity index is 226. The molecule has 1 aliphatic rings. The lowest BCUT2D eigenvalue weighted by Gasteiger charge is -1.86. The minimum Gasteiger partial charge on any atom is -0.0991 e. The van der Waals surface area contributed by atoms with Crippen LogP contribution in [-0.4, -0.2) is 0 Å². The topological polar surface area (TPSA) is 0 Å². The van der Waals surface area contributed by atoms with Crippen LogP contribution in [0.25, 0.3) is 0 Å². The van der Waals surface area contributed by atoms with Crippen LogP contribution in [0, 0.1) is 0 Å². The summed E-state index contributed by atoms with van der Waals surface area (Å²) >= 11 is 0. The van der Waals surface area contributed by atoms with Crippen LogP contribution >= 0.6 is 0 Å². The van der Waals surface area contributed by atoms with Crippen molar-refractivity contribution in [3.05, 3.63) is 48.1 Å². The van der Waals surface area contributed by atoms with E-state index in [9.17, 15) is 0 Å². The van der Waals surface area contributed by atoms with Crippen molar-refractivity contribution >= 4 is 0 Å². The molecule has 0 nitrogen and oxygen atoms in total. The third kappa shape index (κ3) is 2.23. The summed E-state index contributed by atoms with van der Waals surface area (Å²) in [4.78, 5) is 0. The second-order valence-corrected chi connectivity index (χ2v) is 2.70. The minimum atomic E-state index is 1.17. The summed E-state index contributed by atoms with van der Waals surface area (Å²) in [6, 6.07) is 0. The summed E-state index contributed by atoms with van der Waals surface area (Å²) in [5.41, 5.74) is 2.83. The fourth-order valence-electron chi connectivity index (χ4n) is 1.30. The highest BCUT2D eigenvalue weighted by Crippen LogP contribution is 2.23. The quantitative estimate of drug-likeness (QED) is 0.560. The molecule has 0 aliphatic heterocycles. The van der Waals surface area contributed by atoms with Crippen LogP contribution in [0.5, 0.6) is 0 Å². The SMILES string of the molecule is C=C/C=C1C=C(/C=C/C)CC/1. The van der Waals surface area contributed by atoms with Crippen LogP contribution < -0.4 is 0 Å². The summed E-state index contributed by atoms with van der Waals surface area (Å²) in [5.74, 6) is 0. The molecule has 1 aliphatic carbocycles. The number of rotatable bonds is 2. The van der Waals surface area contributed by atoms with Crippen LogP contribution in [0.1, 0.15) is 19.8 Å². The standard InChI is InChI=1S/C11H14/c1-3-5-10-7-8-11(9-10)6-4-2/h3-6,9H,1,7-8H2,2H3/b6-4+,10-5+. The zero-order valence-corrected chi connectivity index (χ0v) is 7.01. The molecular weight excluding hydrogens is 132 g/mol.